The minimum Gasteiger partial charge on any atom is -0.449 e. The topological polar surface area (TPSA) is 81.2 Å². The van der Waals surface area contributed by atoms with Crippen LogP contribution in [0.15, 0.2) is 42.5 Å². The number of esters is 1. The highest BCUT2D eigenvalue weighted by molar-refractivity contribution is 5.98. The van der Waals surface area contributed by atoms with Gasteiger partial charge in [0.15, 0.2) is 6.10 Å². The maximum Gasteiger partial charge on any atom is 0.338 e. The molecule has 1 amide bonds. The normalized spacial score (nSPS) is 12.1. The fourth-order valence-electron chi connectivity index (χ4n) is 2.99. The molecule has 0 radical (unpaired) electrons. The van der Waals surface area contributed by atoms with Crippen molar-refractivity contribution in [2.24, 2.45) is 0 Å². The molecule has 3 aromatic rings. The van der Waals surface area contributed by atoms with Crippen LogP contribution in [-0.4, -0.2) is 27.9 Å². The third-order valence-electron chi connectivity index (χ3n) is 4.80. The lowest BCUT2D eigenvalue weighted by molar-refractivity contribution is -0.123. The summed E-state index contributed by atoms with van der Waals surface area (Å²) in [7, 11) is 0. The van der Waals surface area contributed by atoms with Crippen LogP contribution in [0.1, 0.15) is 54.0 Å². The second kappa shape index (κ2) is 8.39. The fourth-order valence-corrected chi connectivity index (χ4v) is 2.99. The molecule has 2 aromatic carbocycles. The van der Waals surface area contributed by atoms with Gasteiger partial charge in [-0.05, 0) is 56.5 Å². The van der Waals surface area contributed by atoms with Gasteiger partial charge in [-0.15, -0.1) is 0 Å². The Labute approximate surface area is 170 Å². The standard InChI is InChI=1S/C23H25N3O3/c1-13(2)18-8-6-7-9-19(18)26-22(27)16(5)29-23(28)17-10-11-20-21(12-17)25-15(4)14(3)24-20/h6-13,16H,1-5H3,(H,26,27)/t16-/m0/s1. The van der Waals surface area contributed by atoms with E-state index in [1.807, 2.05) is 38.1 Å². The van der Waals surface area contributed by atoms with Crippen LogP contribution in [-0.2, 0) is 9.53 Å². The number of nitrogens with zero attached hydrogens (tertiary/aromatic N) is 2. The van der Waals surface area contributed by atoms with Crippen LogP contribution in [0.2, 0.25) is 0 Å². The number of aromatic nitrogens is 2. The van der Waals surface area contributed by atoms with Gasteiger partial charge in [-0.2, -0.15) is 0 Å². The van der Waals surface area contributed by atoms with Crippen molar-refractivity contribution in [1.29, 1.82) is 0 Å². The molecule has 1 aromatic heterocycles. The summed E-state index contributed by atoms with van der Waals surface area (Å²) in [6.45, 7) is 9.43. The van der Waals surface area contributed by atoms with Crippen molar-refractivity contribution in [2.45, 2.75) is 46.6 Å². The molecular formula is C23H25N3O3. The van der Waals surface area contributed by atoms with Gasteiger partial charge < -0.3 is 10.1 Å². The smallest absolute Gasteiger partial charge is 0.338 e. The Morgan fingerprint density at radius 2 is 1.59 bits per heavy atom. The van der Waals surface area contributed by atoms with Crippen molar-refractivity contribution in [3.8, 4) is 0 Å². The van der Waals surface area contributed by atoms with E-state index < -0.39 is 12.1 Å². The number of rotatable bonds is 5. The summed E-state index contributed by atoms with van der Waals surface area (Å²) in [6, 6.07) is 12.6. The second-order valence-corrected chi connectivity index (χ2v) is 7.38. The van der Waals surface area contributed by atoms with E-state index >= 15 is 0 Å². The number of carbonyl (C=O) groups excluding carboxylic acids is 2. The van der Waals surface area contributed by atoms with Crippen LogP contribution in [0.3, 0.4) is 0 Å². The molecule has 3 rings (SSSR count). The molecule has 6 heteroatoms. The third-order valence-corrected chi connectivity index (χ3v) is 4.80. The molecule has 1 heterocycles. The number of carbonyl (C=O) groups is 2. The van der Waals surface area contributed by atoms with Crippen molar-refractivity contribution in [1.82, 2.24) is 9.97 Å². The van der Waals surface area contributed by atoms with Crippen molar-refractivity contribution in [2.75, 3.05) is 5.32 Å². The summed E-state index contributed by atoms with van der Waals surface area (Å²) in [5.74, 6) is -0.694. The Bertz CT molecular complexity index is 1080. The Morgan fingerprint density at radius 3 is 2.28 bits per heavy atom. The predicted octanol–water partition coefficient (Wildman–Crippen LogP) is 4.55. The van der Waals surface area contributed by atoms with Gasteiger partial charge in [0.05, 0.1) is 28.0 Å². The molecule has 0 aliphatic rings. The van der Waals surface area contributed by atoms with Crippen molar-refractivity contribution in [3.63, 3.8) is 0 Å². The van der Waals surface area contributed by atoms with E-state index in [-0.39, 0.29) is 11.8 Å². The predicted molar refractivity (Wildman–Crippen MR) is 113 cm³/mol. The van der Waals surface area contributed by atoms with Gasteiger partial charge in [-0.1, -0.05) is 32.0 Å². The largest absolute Gasteiger partial charge is 0.449 e. The number of fused-ring (bicyclic) bond motifs is 1. The van der Waals surface area contributed by atoms with E-state index in [0.717, 1.165) is 22.6 Å². The van der Waals surface area contributed by atoms with Crippen LogP contribution in [0, 0.1) is 13.8 Å². The van der Waals surface area contributed by atoms with Crippen LogP contribution >= 0.6 is 0 Å². The molecule has 0 bridgehead atoms. The second-order valence-electron chi connectivity index (χ2n) is 7.38. The molecule has 1 atom stereocenters. The van der Waals surface area contributed by atoms with E-state index in [4.69, 9.17) is 4.74 Å². The lowest BCUT2D eigenvalue weighted by atomic mass is 10.0. The molecule has 1 N–H and O–H groups in total. The van der Waals surface area contributed by atoms with Crippen LogP contribution in [0.4, 0.5) is 5.69 Å². The highest BCUT2D eigenvalue weighted by Crippen LogP contribution is 2.24. The van der Waals surface area contributed by atoms with Gasteiger partial charge in [-0.3, -0.25) is 4.79 Å². The van der Waals surface area contributed by atoms with Crippen LogP contribution < -0.4 is 5.32 Å². The Balaban J connectivity index is 1.72. The molecule has 0 aliphatic carbocycles. The zero-order valence-electron chi connectivity index (χ0n) is 17.3. The number of anilines is 1. The molecule has 0 spiro atoms. The van der Waals surface area contributed by atoms with E-state index in [1.165, 1.54) is 0 Å². The van der Waals surface area contributed by atoms with E-state index in [1.54, 1.807) is 25.1 Å². The zero-order chi connectivity index (χ0) is 21.1. The molecule has 0 aliphatic heterocycles. The molecular weight excluding hydrogens is 366 g/mol. The van der Waals surface area contributed by atoms with Crippen molar-refractivity contribution < 1.29 is 14.3 Å². The molecule has 0 fully saturated rings. The first kappa shape index (κ1) is 20.5. The minimum atomic E-state index is -0.941. The lowest BCUT2D eigenvalue weighted by Gasteiger charge is -2.17. The number of ether oxygens (including phenoxy) is 1. The quantitative estimate of drug-likeness (QED) is 0.645. The van der Waals surface area contributed by atoms with Crippen LogP contribution in [0.25, 0.3) is 11.0 Å². The maximum absolute atomic E-state index is 12.5. The van der Waals surface area contributed by atoms with Gasteiger partial charge in [0.25, 0.3) is 5.91 Å². The monoisotopic (exact) mass is 391 g/mol. The van der Waals surface area contributed by atoms with E-state index in [0.29, 0.717) is 16.6 Å². The lowest BCUT2D eigenvalue weighted by Crippen LogP contribution is -2.30. The van der Waals surface area contributed by atoms with Gasteiger partial charge >= 0.3 is 5.97 Å². The highest BCUT2D eigenvalue weighted by atomic mass is 16.5. The molecule has 150 valence electrons. The number of nitrogens with one attached hydrogen (secondary N) is 1. The van der Waals surface area contributed by atoms with Gasteiger partial charge in [-0.25, -0.2) is 14.8 Å². The summed E-state index contributed by atoms with van der Waals surface area (Å²) < 4.78 is 5.37. The van der Waals surface area contributed by atoms with Gasteiger partial charge in [0.2, 0.25) is 0 Å². The van der Waals surface area contributed by atoms with Gasteiger partial charge in [0, 0.05) is 5.69 Å². The number of hydrogen-bond donors (Lipinski definition) is 1. The average Bonchev–Trinajstić information content (AvgIpc) is 2.68. The maximum atomic E-state index is 12.5. The first-order chi connectivity index (χ1) is 13.8. The van der Waals surface area contributed by atoms with Crippen molar-refractivity contribution >= 4 is 28.6 Å². The Kier molecular flexibility index (Phi) is 5.92. The summed E-state index contributed by atoms with van der Waals surface area (Å²) >= 11 is 0. The van der Waals surface area contributed by atoms with E-state index in [2.05, 4.69) is 29.1 Å². The number of para-hydroxylation sites is 1. The molecule has 6 nitrogen and oxygen atoms in total. The summed E-state index contributed by atoms with van der Waals surface area (Å²) in [5.41, 5.74) is 5.06. The first-order valence-corrected chi connectivity index (χ1v) is 9.62. The summed E-state index contributed by atoms with van der Waals surface area (Å²) in [4.78, 5) is 34.0. The number of hydrogen-bond acceptors (Lipinski definition) is 5. The van der Waals surface area contributed by atoms with E-state index in [9.17, 15) is 9.59 Å². The molecule has 29 heavy (non-hydrogen) atoms. The Morgan fingerprint density at radius 1 is 0.931 bits per heavy atom. The first-order valence-electron chi connectivity index (χ1n) is 9.62. The zero-order valence-corrected chi connectivity index (χ0v) is 17.3. The summed E-state index contributed by atoms with van der Waals surface area (Å²) in [6.07, 6.45) is -0.941. The highest BCUT2D eigenvalue weighted by Gasteiger charge is 2.20. The number of aryl methyl sites for hydroxylation is 2. The molecule has 0 saturated carbocycles. The minimum absolute atomic E-state index is 0.259. The van der Waals surface area contributed by atoms with Crippen molar-refractivity contribution in [3.05, 3.63) is 65.0 Å². The van der Waals surface area contributed by atoms with Crippen LogP contribution in [0.5, 0.6) is 0 Å². The van der Waals surface area contributed by atoms with Gasteiger partial charge in [0.1, 0.15) is 0 Å². The Hall–Kier alpha value is -3.28. The molecule has 0 saturated heterocycles. The average molecular weight is 391 g/mol. The SMILES string of the molecule is Cc1nc2ccc(C(=O)O[C@@H](C)C(=O)Nc3ccccc3C(C)C)cc2nc1C. The summed E-state index contributed by atoms with van der Waals surface area (Å²) in [5, 5.41) is 2.85. The number of benzene rings is 2. The number of amides is 1. The third kappa shape index (κ3) is 4.59. The fraction of sp³-hybridized carbons (Fsp3) is 0.304. The molecule has 0 unspecified atom stereocenters.